The van der Waals surface area contributed by atoms with Crippen molar-refractivity contribution in [3.8, 4) is 0 Å². The van der Waals surface area contributed by atoms with Gasteiger partial charge in [0.15, 0.2) is 0 Å². The van der Waals surface area contributed by atoms with Crippen molar-refractivity contribution in [1.29, 1.82) is 0 Å². The highest BCUT2D eigenvalue weighted by atomic mass is 35.5. The first-order chi connectivity index (χ1) is 11.4. The van der Waals surface area contributed by atoms with Crippen molar-refractivity contribution >= 4 is 41.1 Å². The number of carboxylic acid groups (broad SMARTS) is 1. The first-order valence-corrected chi connectivity index (χ1v) is 7.65. The monoisotopic (exact) mass is 353 g/mol. The van der Waals surface area contributed by atoms with E-state index in [1.54, 1.807) is 24.3 Å². The lowest BCUT2D eigenvalue weighted by molar-refractivity contribution is -0.137. The molecule has 3 N–H and O–H groups in total. The molecule has 1 heterocycles. The molecular weight excluding hydrogens is 338 g/mol. The first kappa shape index (κ1) is 17.7. The standard InChI is InChI=1S/C15H16ClN3O5/c16-9-1-3-10(4-2-9)19-14(23)11(18-15(19)24)5-6-12(20)17-8-7-13(21)22/h1-4,11H,5-8H2,(H,17,20)(H,18,24)(H,21,22). The Labute approximate surface area is 142 Å². The molecule has 1 aliphatic heterocycles. The number of halogens is 1. The number of urea groups is 1. The third-order valence-corrected chi connectivity index (χ3v) is 3.68. The van der Waals surface area contributed by atoms with Crippen LogP contribution in [0.15, 0.2) is 24.3 Å². The molecule has 1 atom stereocenters. The van der Waals surface area contributed by atoms with Crippen LogP contribution < -0.4 is 15.5 Å². The number of carbonyl (C=O) groups is 4. The number of benzene rings is 1. The van der Waals surface area contributed by atoms with Crippen LogP contribution in [0.25, 0.3) is 0 Å². The van der Waals surface area contributed by atoms with Crippen LogP contribution in [0.4, 0.5) is 10.5 Å². The topological polar surface area (TPSA) is 116 Å². The lowest BCUT2D eigenvalue weighted by atomic mass is 10.1. The molecule has 9 heteroatoms. The molecule has 1 aromatic rings. The number of hydrogen-bond acceptors (Lipinski definition) is 4. The van der Waals surface area contributed by atoms with Crippen LogP contribution >= 0.6 is 11.6 Å². The Morgan fingerprint density at radius 1 is 1.21 bits per heavy atom. The summed E-state index contributed by atoms with van der Waals surface area (Å²) in [6.45, 7) is 0.0238. The molecule has 1 aromatic carbocycles. The highest BCUT2D eigenvalue weighted by molar-refractivity contribution is 6.30. The van der Waals surface area contributed by atoms with Gasteiger partial charge in [-0.05, 0) is 30.7 Å². The summed E-state index contributed by atoms with van der Waals surface area (Å²) in [5.41, 5.74) is 0.398. The second-order valence-corrected chi connectivity index (χ2v) is 5.62. The summed E-state index contributed by atoms with van der Waals surface area (Å²) in [7, 11) is 0. The number of hydrogen-bond donors (Lipinski definition) is 3. The van der Waals surface area contributed by atoms with Crippen molar-refractivity contribution in [1.82, 2.24) is 10.6 Å². The SMILES string of the molecule is O=C(O)CCNC(=O)CCC1NC(=O)N(c2ccc(Cl)cc2)C1=O. The van der Waals surface area contributed by atoms with Crippen molar-refractivity contribution in [2.75, 3.05) is 11.4 Å². The number of carbonyl (C=O) groups excluding carboxylic acids is 3. The molecule has 1 aliphatic rings. The van der Waals surface area contributed by atoms with E-state index in [1.807, 2.05) is 0 Å². The van der Waals surface area contributed by atoms with E-state index in [0.29, 0.717) is 10.7 Å². The number of rotatable bonds is 7. The first-order valence-electron chi connectivity index (χ1n) is 7.27. The largest absolute Gasteiger partial charge is 0.481 e. The van der Waals surface area contributed by atoms with Crippen LogP contribution in [0, 0.1) is 0 Å². The van der Waals surface area contributed by atoms with E-state index < -0.39 is 23.9 Å². The predicted molar refractivity (Wildman–Crippen MR) is 85.8 cm³/mol. The number of nitrogens with one attached hydrogen (secondary N) is 2. The van der Waals surface area contributed by atoms with Crippen molar-refractivity contribution in [2.24, 2.45) is 0 Å². The average Bonchev–Trinajstić information content (AvgIpc) is 2.80. The highest BCUT2D eigenvalue weighted by Crippen LogP contribution is 2.23. The molecule has 24 heavy (non-hydrogen) atoms. The number of imide groups is 1. The summed E-state index contributed by atoms with van der Waals surface area (Å²) in [4.78, 5) is 47.3. The molecule has 1 unspecified atom stereocenters. The van der Waals surface area contributed by atoms with Gasteiger partial charge >= 0.3 is 12.0 Å². The molecule has 4 amide bonds. The normalized spacial score (nSPS) is 16.9. The maximum Gasteiger partial charge on any atom is 0.329 e. The Kier molecular flexibility index (Phi) is 5.75. The fourth-order valence-corrected chi connectivity index (χ4v) is 2.36. The molecule has 0 aliphatic carbocycles. The minimum absolute atomic E-state index is 0.00473. The van der Waals surface area contributed by atoms with Crippen molar-refractivity contribution < 1.29 is 24.3 Å². The molecule has 0 spiro atoms. The Balaban J connectivity index is 1.88. The zero-order valence-electron chi connectivity index (χ0n) is 12.6. The van der Waals surface area contributed by atoms with Crippen LogP contribution in [-0.2, 0) is 14.4 Å². The van der Waals surface area contributed by atoms with Crippen LogP contribution in [0.2, 0.25) is 5.02 Å². The van der Waals surface area contributed by atoms with Gasteiger partial charge in [0.1, 0.15) is 6.04 Å². The maximum absolute atomic E-state index is 12.3. The van der Waals surface area contributed by atoms with Crippen LogP contribution in [0.3, 0.4) is 0 Å². The summed E-state index contributed by atoms with van der Waals surface area (Å²) < 4.78 is 0. The van der Waals surface area contributed by atoms with Crippen molar-refractivity contribution in [3.63, 3.8) is 0 Å². The second kappa shape index (κ2) is 7.78. The van der Waals surface area contributed by atoms with Crippen LogP contribution in [-0.4, -0.2) is 41.5 Å². The fraction of sp³-hybridized carbons (Fsp3) is 0.333. The number of carboxylic acids is 1. The van der Waals surface area contributed by atoms with Crippen LogP contribution in [0.5, 0.6) is 0 Å². The van der Waals surface area contributed by atoms with Crippen molar-refractivity contribution in [3.05, 3.63) is 29.3 Å². The fourth-order valence-electron chi connectivity index (χ4n) is 2.23. The minimum atomic E-state index is -1.01. The van der Waals surface area contributed by atoms with Gasteiger partial charge in [-0.2, -0.15) is 0 Å². The average molecular weight is 354 g/mol. The molecular formula is C15H16ClN3O5. The lowest BCUT2D eigenvalue weighted by Crippen LogP contribution is -2.33. The van der Waals surface area contributed by atoms with Gasteiger partial charge in [-0.15, -0.1) is 0 Å². The third kappa shape index (κ3) is 4.45. The predicted octanol–water partition coefficient (Wildman–Crippen LogP) is 1.14. The molecule has 1 saturated heterocycles. The van der Waals surface area contributed by atoms with Gasteiger partial charge in [-0.25, -0.2) is 9.69 Å². The van der Waals surface area contributed by atoms with Gasteiger partial charge < -0.3 is 15.7 Å². The molecule has 2 rings (SSSR count). The Bertz CT molecular complexity index is 662. The van der Waals surface area contributed by atoms with Gasteiger partial charge in [0.2, 0.25) is 5.91 Å². The van der Waals surface area contributed by atoms with Gasteiger partial charge in [-0.3, -0.25) is 14.4 Å². The van der Waals surface area contributed by atoms with E-state index in [1.165, 1.54) is 0 Å². The van der Waals surface area contributed by atoms with Crippen LogP contribution in [0.1, 0.15) is 19.3 Å². The zero-order valence-corrected chi connectivity index (χ0v) is 13.4. The maximum atomic E-state index is 12.3. The van der Waals surface area contributed by atoms with E-state index in [9.17, 15) is 19.2 Å². The highest BCUT2D eigenvalue weighted by Gasteiger charge is 2.38. The third-order valence-electron chi connectivity index (χ3n) is 3.43. The molecule has 1 fully saturated rings. The molecule has 128 valence electrons. The van der Waals surface area contributed by atoms with E-state index in [0.717, 1.165) is 4.90 Å². The van der Waals surface area contributed by atoms with Gasteiger partial charge in [-0.1, -0.05) is 11.6 Å². The number of anilines is 1. The minimum Gasteiger partial charge on any atom is -0.481 e. The summed E-state index contributed by atoms with van der Waals surface area (Å²) in [6.07, 6.45) is -0.0342. The summed E-state index contributed by atoms with van der Waals surface area (Å²) in [6, 6.07) is 4.90. The number of nitrogens with zero attached hydrogens (tertiary/aromatic N) is 1. The van der Waals surface area contributed by atoms with E-state index in [4.69, 9.17) is 16.7 Å². The quantitative estimate of drug-likeness (QED) is 0.635. The van der Waals surface area contributed by atoms with Gasteiger partial charge in [0, 0.05) is 18.0 Å². The summed E-state index contributed by atoms with van der Waals surface area (Å²) in [5.74, 6) is -1.82. The zero-order chi connectivity index (χ0) is 17.7. The van der Waals surface area contributed by atoms with E-state index >= 15 is 0 Å². The molecule has 0 radical (unpaired) electrons. The smallest absolute Gasteiger partial charge is 0.329 e. The van der Waals surface area contributed by atoms with Crippen molar-refractivity contribution in [2.45, 2.75) is 25.3 Å². The van der Waals surface area contributed by atoms with Gasteiger partial charge in [0.25, 0.3) is 5.91 Å². The van der Waals surface area contributed by atoms with Gasteiger partial charge in [0.05, 0.1) is 12.1 Å². The second-order valence-electron chi connectivity index (χ2n) is 5.18. The molecule has 8 nitrogen and oxygen atoms in total. The molecule has 0 saturated carbocycles. The summed E-state index contributed by atoms with van der Waals surface area (Å²) >= 11 is 5.78. The lowest BCUT2D eigenvalue weighted by Gasteiger charge is -2.13. The van der Waals surface area contributed by atoms with E-state index in [-0.39, 0.29) is 31.7 Å². The number of amides is 4. The van der Waals surface area contributed by atoms with E-state index in [2.05, 4.69) is 10.6 Å². The molecule has 0 bridgehead atoms. The molecule has 0 aromatic heterocycles. The summed E-state index contributed by atoms with van der Waals surface area (Å²) in [5, 5.41) is 13.9. The number of aliphatic carboxylic acids is 1. The Morgan fingerprint density at radius 2 is 1.88 bits per heavy atom. The Morgan fingerprint density at radius 3 is 2.50 bits per heavy atom. The Hall–Kier alpha value is -2.61.